The van der Waals surface area contributed by atoms with E-state index in [4.69, 9.17) is 0 Å². The summed E-state index contributed by atoms with van der Waals surface area (Å²) in [6.45, 7) is 3.51. The van der Waals surface area contributed by atoms with Crippen LogP contribution in [0.1, 0.15) is 19.4 Å². The van der Waals surface area contributed by atoms with Gasteiger partial charge in [-0.25, -0.2) is 17.8 Å². The maximum absolute atomic E-state index is 12.3. The molecule has 146 valence electrons. The van der Waals surface area contributed by atoms with Gasteiger partial charge in [0.1, 0.15) is 0 Å². The summed E-state index contributed by atoms with van der Waals surface area (Å²) in [6, 6.07) is 15.5. The van der Waals surface area contributed by atoms with Crippen LogP contribution in [-0.4, -0.2) is 30.1 Å². The zero-order valence-corrected chi connectivity index (χ0v) is 16.5. The molecule has 0 aliphatic heterocycles. The predicted octanol–water partition coefficient (Wildman–Crippen LogP) is 2.74. The number of nitrogens with zero attached hydrogens (tertiary/aromatic N) is 2. The first-order chi connectivity index (χ1) is 13.3. The van der Waals surface area contributed by atoms with Gasteiger partial charge in [-0.1, -0.05) is 18.2 Å². The molecule has 3 rings (SSSR count). The highest BCUT2D eigenvalue weighted by Crippen LogP contribution is 2.15. The minimum absolute atomic E-state index is 0.156. The summed E-state index contributed by atoms with van der Waals surface area (Å²) in [7, 11) is -3.55. The van der Waals surface area contributed by atoms with Gasteiger partial charge in [0.25, 0.3) is 0 Å². The van der Waals surface area contributed by atoms with Crippen LogP contribution in [0.15, 0.2) is 71.9 Å². The highest BCUT2D eigenvalue weighted by atomic mass is 32.2. The third-order valence-corrected chi connectivity index (χ3v) is 5.54. The van der Waals surface area contributed by atoms with Crippen LogP contribution in [-0.2, 0) is 21.2 Å². The molecule has 1 heterocycles. The molecule has 1 aromatic heterocycles. The largest absolute Gasteiger partial charge is 0.326 e. The number of rotatable bonds is 7. The summed E-state index contributed by atoms with van der Waals surface area (Å²) in [5.41, 5.74) is 2.23. The first-order valence-corrected chi connectivity index (χ1v) is 10.3. The molecule has 0 bridgehead atoms. The summed E-state index contributed by atoms with van der Waals surface area (Å²) in [5.74, 6) is -0.205. The molecule has 0 atom stereocenters. The van der Waals surface area contributed by atoms with Crippen LogP contribution in [0.2, 0.25) is 0 Å². The Morgan fingerprint density at radius 1 is 1.07 bits per heavy atom. The lowest BCUT2D eigenvalue weighted by atomic mass is 10.2. The normalized spacial score (nSPS) is 11.5. The van der Waals surface area contributed by atoms with E-state index in [1.807, 2.05) is 36.5 Å². The number of sulfonamides is 1. The van der Waals surface area contributed by atoms with E-state index < -0.39 is 10.0 Å². The van der Waals surface area contributed by atoms with Crippen molar-refractivity contribution in [3.05, 3.63) is 72.6 Å². The Bertz CT molecular complexity index is 1040. The molecule has 7 nitrogen and oxygen atoms in total. The van der Waals surface area contributed by atoms with Crippen molar-refractivity contribution in [3.63, 3.8) is 0 Å². The van der Waals surface area contributed by atoms with Crippen LogP contribution in [0.25, 0.3) is 5.69 Å². The fourth-order valence-electron chi connectivity index (χ4n) is 2.66. The number of hydrogen-bond donors (Lipinski definition) is 2. The molecule has 2 N–H and O–H groups in total. The second kappa shape index (κ2) is 8.37. The first kappa shape index (κ1) is 19.8. The highest BCUT2D eigenvalue weighted by Gasteiger charge is 2.15. The molecule has 0 aliphatic carbocycles. The Kier molecular flexibility index (Phi) is 5.91. The van der Waals surface area contributed by atoms with Gasteiger partial charge in [-0.05, 0) is 55.8 Å². The Morgan fingerprint density at radius 3 is 2.39 bits per heavy atom. The molecule has 28 heavy (non-hydrogen) atoms. The molecular formula is C20H22N4O3S. The van der Waals surface area contributed by atoms with Crippen molar-refractivity contribution in [2.24, 2.45) is 0 Å². The van der Waals surface area contributed by atoms with Crippen LogP contribution < -0.4 is 10.0 Å². The van der Waals surface area contributed by atoms with Gasteiger partial charge >= 0.3 is 0 Å². The zero-order chi connectivity index (χ0) is 20.1. The summed E-state index contributed by atoms with van der Waals surface area (Å²) in [6.07, 6.45) is 3.63. The van der Waals surface area contributed by atoms with Gasteiger partial charge < -0.3 is 5.32 Å². The molecule has 0 unspecified atom stereocenters. The van der Waals surface area contributed by atoms with E-state index in [1.54, 1.807) is 36.9 Å². The second-order valence-corrected chi connectivity index (χ2v) is 8.37. The van der Waals surface area contributed by atoms with Gasteiger partial charge in [-0.15, -0.1) is 0 Å². The van der Waals surface area contributed by atoms with Gasteiger partial charge in [0.15, 0.2) is 0 Å². The topological polar surface area (TPSA) is 93.1 Å². The number of anilines is 1. The monoisotopic (exact) mass is 398 g/mol. The predicted molar refractivity (Wildman–Crippen MR) is 108 cm³/mol. The van der Waals surface area contributed by atoms with E-state index in [-0.39, 0.29) is 23.3 Å². The van der Waals surface area contributed by atoms with E-state index in [1.165, 1.54) is 12.1 Å². The van der Waals surface area contributed by atoms with Gasteiger partial charge in [0, 0.05) is 17.9 Å². The van der Waals surface area contributed by atoms with Crippen LogP contribution in [0.4, 0.5) is 5.69 Å². The molecule has 0 aliphatic rings. The minimum atomic E-state index is -3.55. The quantitative estimate of drug-likeness (QED) is 0.640. The van der Waals surface area contributed by atoms with E-state index in [0.29, 0.717) is 5.69 Å². The standard InChI is InChI=1S/C20H22N4O3S/c1-15(2)23-28(26,27)19-10-8-17(9-11-19)22-20(25)12-16-13-21-24(14-16)18-6-4-3-5-7-18/h3-11,13-15,23H,12H2,1-2H3,(H,22,25). The van der Waals surface area contributed by atoms with Crippen molar-refractivity contribution in [1.29, 1.82) is 0 Å². The molecule has 0 saturated heterocycles. The van der Waals surface area contributed by atoms with E-state index in [2.05, 4.69) is 15.1 Å². The number of aromatic nitrogens is 2. The number of carbonyl (C=O) groups excluding carboxylic acids is 1. The molecule has 2 aromatic carbocycles. The van der Waals surface area contributed by atoms with Gasteiger partial charge in [0.2, 0.25) is 15.9 Å². The lowest BCUT2D eigenvalue weighted by Gasteiger charge is -2.10. The van der Waals surface area contributed by atoms with Crippen molar-refractivity contribution >= 4 is 21.6 Å². The molecular weight excluding hydrogens is 376 g/mol. The average molecular weight is 398 g/mol. The van der Waals surface area contributed by atoms with Crippen LogP contribution in [0, 0.1) is 0 Å². The summed E-state index contributed by atoms with van der Waals surface area (Å²) < 4.78 is 28.5. The van der Waals surface area contributed by atoms with Gasteiger partial charge in [-0.2, -0.15) is 5.10 Å². The first-order valence-electron chi connectivity index (χ1n) is 8.85. The maximum Gasteiger partial charge on any atom is 0.240 e. The van der Waals surface area contributed by atoms with Crippen LogP contribution >= 0.6 is 0 Å². The van der Waals surface area contributed by atoms with Crippen LogP contribution in [0.3, 0.4) is 0 Å². The molecule has 3 aromatic rings. The average Bonchev–Trinajstić information content (AvgIpc) is 3.10. The van der Waals surface area contributed by atoms with E-state index in [0.717, 1.165) is 11.3 Å². The fraction of sp³-hybridized carbons (Fsp3) is 0.200. The van der Waals surface area contributed by atoms with Crippen molar-refractivity contribution in [3.8, 4) is 5.69 Å². The number of benzene rings is 2. The number of para-hydroxylation sites is 1. The number of carbonyl (C=O) groups is 1. The number of hydrogen-bond acceptors (Lipinski definition) is 4. The third kappa shape index (κ3) is 5.05. The summed E-state index contributed by atoms with van der Waals surface area (Å²) in [5, 5.41) is 7.04. The smallest absolute Gasteiger partial charge is 0.240 e. The molecule has 0 spiro atoms. The van der Waals surface area contributed by atoms with Gasteiger partial charge in [-0.3, -0.25) is 4.79 Å². The molecule has 0 saturated carbocycles. The van der Waals surface area contributed by atoms with Crippen LogP contribution in [0.5, 0.6) is 0 Å². The van der Waals surface area contributed by atoms with Crippen molar-refractivity contribution in [2.45, 2.75) is 31.2 Å². The summed E-state index contributed by atoms with van der Waals surface area (Å²) in [4.78, 5) is 12.4. The summed E-state index contributed by atoms with van der Waals surface area (Å²) >= 11 is 0. The number of amides is 1. The third-order valence-electron chi connectivity index (χ3n) is 3.86. The Balaban J connectivity index is 1.62. The second-order valence-electron chi connectivity index (χ2n) is 6.65. The Morgan fingerprint density at radius 2 is 1.75 bits per heavy atom. The molecule has 8 heteroatoms. The lowest BCUT2D eigenvalue weighted by Crippen LogP contribution is -2.30. The lowest BCUT2D eigenvalue weighted by molar-refractivity contribution is -0.115. The Hall–Kier alpha value is -2.97. The van der Waals surface area contributed by atoms with E-state index in [9.17, 15) is 13.2 Å². The number of nitrogens with one attached hydrogen (secondary N) is 2. The highest BCUT2D eigenvalue weighted by molar-refractivity contribution is 7.89. The zero-order valence-electron chi connectivity index (χ0n) is 15.7. The van der Waals surface area contributed by atoms with E-state index >= 15 is 0 Å². The maximum atomic E-state index is 12.3. The molecule has 0 radical (unpaired) electrons. The molecule has 1 amide bonds. The van der Waals surface area contributed by atoms with Gasteiger partial charge in [0.05, 0.1) is 23.2 Å². The minimum Gasteiger partial charge on any atom is -0.326 e. The molecule has 0 fully saturated rings. The van der Waals surface area contributed by atoms with Crippen molar-refractivity contribution in [1.82, 2.24) is 14.5 Å². The Labute approximate surface area is 164 Å². The fourth-order valence-corrected chi connectivity index (χ4v) is 3.91. The van der Waals surface area contributed by atoms with Crippen molar-refractivity contribution < 1.29 is 13.2 Å². The van der Waals surface area contributed by atoms with Crippen molar-refractivity contribution in [2.75, 3.05) is 5.32 Å². The SMILES string of the molecule is CC(C)NS(=O)(=O)c1ccc(NC(=O)Cc2cnn(-c3ccccc3)c2)cc1.